The lowest BCUT2D eigenvalue weighted by molar-refractivity contribution is -0.189. The van der Waals surface area contributed by atoms with Crippen LogP contribution in [0, 0.1) is 0 Å². The summed E-state index contributed by atoms with van der Waals surface area (Å²) >= 11 is 5.88. The van der Waals surface area contributed by atoms with E-state index in [4.69, 9.17) is 25.6 Å². The summed E-state index contributed by atoms with van der Waals surface area (Å²) in [4.78, 5) is 12.5. The van der Waals surface area contributed by atoms with Gasteiger partial charge in [-0.15, -0.1) is 10.2 Å². The number of rotatable bonds is 7. The van der Waals surface area contributed by atoms with Gasteiger partial charge in [-0.25, -0.2) is 0 Å². The molecule has 12 heteroatoms. The first kappa shape index (κ1) is 22.3. The number of halogens is 4. The minimum absolute atomic E-state index is 0.0174. The van der Waals surface area contributed by atoms with Crippen molar-refractivity contribution in [1.29, 1.82) is 0 Å². The number of benzene rings is 1. The molecule has 0 saturated carbocycles. The van der Waals surface area contributed by atoms with Crippen LogP contribution in [0.4, 0.5) is 13.2 Å². The molecule has 1 atom stereocenters. The zero-order chi connectivity index (χ0) is 22.6. The maximum Gasteiger partial charge on any atom is 0.425 e. The molecule has 8 nitrogen and oxygen atoms in total. The molecule has 1 N–H and O–H groups in total. The van der Waals surface area contributed by atoms with Gasteiger partial charge >= 0.3 is 6.18 Å². The van der Waals surface area contributed by atoms with Crippen LogP contribution < -0.4 is 14.8 Å². The Balaban J connectivity index is 1.86. The summed E-state index contributed by atoms with van der Waals surface area (Å²) in [6.07, 6.45) is -6.73. The summed E-state index contributed by atoms with van der Waals surface area (Å²) in [7, 11) is 1.41. The van der Waals surface area contributed by atoms with E-state index in [0.717, 1.165) is 6.92 Å². The van der Waals surface area contributed by atoms with Crippen molar-refractivity contribution >= 4 is 17.5 Å². The molecule has 1 amide bonds. The first-order chi connectivity index (χ1) is 14.7. The average Bonchev–Trinajstić information content (AvgIpc) is 3.20. The van der Waals surface area contributed by atoms with Crippen LogP contribution >= 0.6 is 11.6 Å². The molecule has 3 rings (SSSR count). The van der Waals surface area contributed by atoms with Crippen molar-refractivity contribution < 1.29 is 32.0 Å². The van der Waals surface area contributed by atoms with E-state index in [1.54, 1.807) is 24.3 Å². The molecule has 31 heavy (non-hydrogen) atoms. The van der Waals surface area contributed by atoms with E-state index in [2.05, 4.69) is 20.7 Å². The Labute approximate surface area is 179 Å². The fourth-order valence-electron chi connectivity index (χ4n) is 2.38. The lowest BCUT2D eigenvalue weighted by Crippen LogP contribution is -2.32. The van der Waals surface area contributed by atoms with Crippen molar-refractivity contribution in [2.45, 2.75) is 25.7 Å². The lowest BCUT2D eigenvalue weighted by Gasteiger charge is -2.18. The van der Waals surface area contributed by atoms with Crippen molar-refractivity contribution in [2.75, 3.05) is 7.11 Å². The molecule has 3 aromatic rings. The van der Waals surface area contributed by atoms with E-state index in [1.807, 2.05) is 0 Å². The van der Waals surface area contributed by atoms with Gasteiger partial charge in [-0.3, -0.25) is 4.79 Å². The van der Waals surface area contributed by atoms with Gasteiger partial charge in [0, 0.05) is 16.7 Å². The number of hydrogen-bond donors (Lipinski definition) is 1. The van der Waals surface area contributed by atoms with Crippen LogP contribution in [-0.4, -0.2) is 40.7 Å². The zero-order valence-corrected chi connectivity index (χ0v) is 17.0. The molecule has 0 aliphatic rings. The normalized spacial score (nSPS) is 12.3. The molecule has 0 spiro atoms. The van der Waals surface area contributed by atoms with Crippen LogP contribution in [0.25, 0.3) is 11.1 Å². The fourth-order valence-corrected chi connectivity index (χ4v) is 2.51. The second kappa shape index (κ2) is 9.21. The highest BCUT2D eigenvalue weighted by Gasteiger charge is 2.39. The minimum atomic E-state index is -4.60. The fraction of sp³-hybridized carbons (Fsp3) is 0.263. The number of aromatic nitrogens is 3. The first-order valence-electron chi connectivity index (χ1n) is 8.82. The molecular weight excluding hydrogens is 441 g/mol. The van der Waals surface area contributed by atoms with Crippen molar-refractivity contribution in [1.82, 2.24) is 20.7 Å². The summed E-state index contributed by atoms with van der Waals surface area (Å²) < 4.78 is 53.7. The van der Waals surface area contributed by atoms with Gasteiger partial charge in [-0.2, -0.15) is 13.2 Å². The Hall–Kier alpha value is -3.34. The van der Waals surface area contributed by atoms with Crippen molar-refractivity contribution in [3.63, 3.8) is 0 Å². The van der Waals surface area contributed by atoms with Crippen molar-refractivity contribution in [3.05, 3.63) is 52.9 Å². The van der Waals surface area contributed by atoms with Gasteiger partial charge in [0.2, 0.25) is 5.88 Å². The van der Waals surface area contributed by atoms with E-state index in [0.29, 0.717) is 16.3 Å². The Morgan fingerprint density at radius 3 is 2.55 bits per heavy atom. The van der Waals surface area contributed by atoms with Crippen LogP contribution in [0.1, 0.15) is 23.2 Å². The Morgan fingerprint density at radius 2 is 1.94 bits per heavy atom. The standard InChI is InChI=1S/C19H16ClF3N4O4/c1-10(19(21,22)23)30-18-14(11-3-5-12(20)6-4-11)8-15(25-26-18)17(28)24-9-13-7-16(29-2)27-31-13/h3-8,10H,9H2,1-2H3,(H,24,28). The van der Waals surface area contributed by atoms with Gasteiger partial charge in [-0.05, 0) is 35.8 Å². The molecule has 0 saturated heterocycles. The number of hydrogen-bond acceptors (Lipinski definition) is 7. The molecule has 1 unspecified atom stereocenters. The number of carbonyl (C=O) groups is 1. The predicted molar refractivity (Wildman–Crippen MR) is 103 cm³/mol. The van der Waals surface area contributed by atoms with E-state index >= 15 is 0 Å². The van der Waals surface area contributed by atoms with E-state index in [-0.39, 0.29) is 29.6 Å². The molecule has 0 aliphatic heterocycles. The maximum absolute atomic E-state index is 12.9. The molecule has 164 valence electrons. The highest BCUT2D eigenvalue weighted by molar-refractivity contribution is 6.30. The van der Waals surface area contributed by atoms with Crippen LogP contribution in [0.3, 0.4) is 0 Å². The third-order valence-electron chi connectivity index (χ3n) is 4.07. The van der Waals surface area contributed by atoms with Gasteiger partial charge in [0.25, 0.3) is 11.8 Å². The van der Waals surface area contributed by atoms with Gasteiger partial charge < -0.3 is 19.3 Å². The number of alkyl halides is 3. The van der Waals surface area contributed by atoms with Crippen molar-refractivity contribution in [3.8, 4) is 22.9 Å². The van der Waals surface area contributed by atoms with Crippen molar-refractivity contribution in [2.24, 2.45) is 0 Å². The van der Waals surface area contributed by atoms with E-state index in [9.17, 15) is 18.0 Å². The number of amides is 1. The molecule has 1 aromatic carbocycles. The van der Waals surface area contributed by atoms with Gasteiger partial charge in [0.15, 0.2) is 17.6 Å². The zero-order valence-electron chi connectivity index (χ0n) is 16.2. The number of nitrogens with zero attached hydrogens (tertiary/aromatic N) is 3. The molecule has 2 heterocycles. The second-order valence-electron chi connectivity index (χ2n) is 6.28. The summed E-state index contributed by atoms with van der Waals surface area (Å²) in [6, 6.07) is 8.99. The minimum Gasteiger partial charge on any atom is -0.479 e. The molecule has 0 bridgehead atoms. The average molecular weight is 457 g/mol. The first-order valence-corrected chi connectivity index (χ1v) is 9.20. The summed E-state index contributed by atoms with van der Waals surface area (Å²) in [5.74, 6) is -0.429. The lowest BCUT2D eigenvalue weighted by atomic mass is 10.1. The summed E-state index contributed by atoms with van der Waals surface area (Å²) in [6.45, 7) is 0.829. The van der Waals surface area contributed by atoms with E-state index < -0.39 is 18.2 Å². The smallest absolute Gasteiger partial charge is 0.425 e. The maximum atomic E-state index is 12.9. The molecule has 0 radical (unpaired) electrons. The number of nitrogens with one attached hydrogen (secondary N) is 1. The highest BCUT2D eigenvalue weighted by Crippen LogP contribution is 2.32. The van der Waals surface area contributed by atoms with Crippen LogP contribution in [0.2, 0.25) is 5.02 Å². The number of carbonyl (C=O) groups excluding carboxylic acids is 1. The number of methoxy groups -OCH3 is 1. The third-order valence-corrected chi connectivity index (χ3v) is 4.32. The number of ether oxygens (including phenoxy) is 2. The molecule has 2 aromatic heterocycles. The van der Waals surface area contributed by atoms with Gasteiger partial charge in [0.05, 0.1) is 13.7 Å². The predicted octanol–water partition coefficient (Wildman–Crippen LogP) is 4.05. The quantitative estimate of drug-likeness (QED) is 0.572. The topological polar surface area (TPSA) is 99.4 Å². The highest BCUT2D eigenvalue weighted by atomic mass is 35.5. The van der Waals surface area contributed by atoms with Gasteiger partial charge in [0.1, 0.15) is 0 Å². The molecular formula is C19H16ClF3N4O4. The third kappa shape index (κ3) is 5.63. The van der Waals surface area contributed by atoms with Crippen LogP contribution in [0.5, 0.6) is 11.8 Å². The second-order valence-corrected chi connectivity index (χ2v) is 6.71. The molecule has 0 aliphatic carbocycles. The van der Waals surface area contributed by atoms with E-state index in [1.165, 1.54) is 19.2 Å². The summed E-state index contributed by atoms with van der Waals surface area (Å²) in [5, 5.41) is 14.0. The Bertz CT molecular complexity index is 1060. The van der Waals surface area contributed by atoms with Crippen LogP contribution in [-0.2, 0) is 6.54 Å². The largest absolute Gasteiger partial charge is 0.479 e. The van der Waals surface area contributed by atoms with Crippen LogP contribution in [0.15, 0.2) is 40.9 Å². The molecule has 0 fully saturated rings. The monoisotopic (exact) mass is 456 g/mol. The Kier molecular flexibility index (Phi) is 6.64. The Morgan fingerprint density at radius 1 is 1.23 bits per heavy atom. The SMILES string of the molecule is COc1cc(CNC(=O)c2cc(-c3ccc(Cl)cc3)c(OC(C)C(F)(F)F)nn2)on1. The summed E-state index contributed by atoms with van der Waals surface area (Å²) in [5.41, 5.74) is 0.454. The van der Waals surface area contributed by atoms with Gasteiger partial charge in [-0.1, -0.05) is 23.7 Å².